The van der Waals surface area contributed by atoms with Gasteiger partial charge in [-0.2, -0.15) is 5.10 Å². The molecule has 3 heterocycles. The van der Waals surface area contributed by atoms with Crippen LogP contribution in [-0.4, -0.2) is 53.3 Å². The van der Waals surface area contributed by atoms with E-state index in [1.54, 1.807) is 31.4 Å². The number of hydrogen-bond donors (Lipinski definition) is 1. The number of amides is 1. The van der Waals surface area contributed by atoms with Crippen LogP contribution in [0.2, 0.25) is 5.15 Å². The fraction of sp³-hybridized carbons (Fsp3) is 0.409. The summed E-state index contributed by atoms with van der Waals surface area (Å²) in [7, 11) is 1.57. The fourth-order valence-electron chi connectivity index (χ4n) is 4.28. The van der Waals surface area contributed by atoms with Crippen LogP contribution in [0.3, 0.4) is 0 Å². The Hall–Kier alpha value is -2.84. The second-order valence-electron chi connectivity index (χ2n) is 7.87. The molecule has 9 heteroatoms. The van der Waals surface area contributed by atoms with E-state index in [2.05, 4.69) is 15.4 Å². The molecule has 1 saturated carbocycles. The van der Waals surface area contributed by atoms with Gasteiger partial charge in [0.15, 0.2) is 16.5 Å². The number of nitrogens with zero attached hydrogens (tertiary/aromatic N) is 4. The number of aromatic nitrogens is 3. The van der Waals surface area contributed by atoms with Gasteiger partial charge in [0, 0.05) is 30.3 Å². The first-order valence-electron chi connectivity index (χ1n) is 11.6. The molecule has 8 nitrogen and oxygen atoms in total. The monoisotopic (exact) mass is 444 g/mol. The van der Waals surface area contributed by atoms with Gasteiger partial charge in [-0.25, -0.2) is 9.50 Å². The number of rotatable bonds is 6. The highest BCUT2D eigenvalue weighted by Crippen LogP contribution is 2.38. The Kier molecular flexibility index (Phi) is 4.34. The molecule has 0 unspecified atom stereocenters. The summed E-state index contributed by atoms with van der Waals surface area (Å²) >= 11 is 6.27. The number of benzene rings is 1. The van der Waals surface area contributed by atoms with Gasteiger partial charge in [0.05, 0.1) is 31.1 Å². The Balaban J connectivity index is 1.46. The number of hydrogen-bond acceptors (Lipinski definition) is 6. The molecule has 3 atom stereocenters. The molecule has 162 valence electrons. The predicted molar refractivity (Wildman–Crippen MR) is 117 cm³/mol. The first-order chi connectivity index (χ1) is 16.2. The molecule has 1 amide bonds. The number of ether oxygens (including phenoxy) is 2. The molecule has 5 rings (SSSR count). The van der Waals surface area contributed by atoms with Crippen molar-refractivity contribution in [3.05, 3.63) is 52.9 Å². The van der Waals surface area contributed by atoms with Crippen LogP contribution >= 0.6 is 11.6 Å². The molecule has 1 aliphatic carbocycles. The Morgan fingerprint density at radius 1 is 1.45 bits per heavy atom. The molecule has 0 bridgehead atoms. The van der Waals surface area contributed by atoms with Gasteiger partial charge in [-0.15, -0.1) is 0 Å². The lowest BCUT2D eigenvalue weighted by atomic mass is 9.77. The summed E-state index contributed by atoms with van der Waals surface area (Å²) in [6, 6.07) is 8.50. The smallest absolute Gasteiger partial charge is 0.271 e. The summed E-state index contributed by atoms with van der Waals surface area (Å²) in [5.74, 6) is 0.809. The predicted octanol–water partition coefficient (Wildman–Crippen LogP) is 2.93. The second kappa shape index (κ2) is 8.01. The van der Waals surface area contributed by atoms with Gasteiger partial charge >= 0.3 is 0 Å². The molecular formula is C22H24ClN5O3. The van der Waals surface area contributed by atoms with Crippen molar-refractivity contribution in [2.75, 3.05) is 25.6 Å². The fourth-order valence-corrected chi connectivity index (χ4v) is 4.45. The van der Waals surface area contributed by atoms with Crippen LogP contribution in [0.15, 0.2) is 36.5 Å². The Bertz CT molecular complexity index is 1220. The standard InChI is InChI=1S/C22H24ClN5O3/c1-27(12-13-3-5-15(30-2)6-4-13)17-10-19(23)26-28-18(11-24-21(17)28)22(29)25-16-9-14-7-8-31-20(14)16/h3-6,10-11,14,16,20H,7-9,12H2,1-2H3,(H,25,29)/t14-,16-,20-/m1/s1/i1D3. The topological polar surface area (TPSA) is 81.0 Å². The maximum absolute atomic E-state index is 13.0. The number of fused-ring (bicyclic) bond motifs is 2. The number of anilines is 1. The summed E-state index contributed by atoms with van der Waals surface area (Å²) in [5, 5.41) is 7.26. The van der Waals surface area contributed by atoms with E-state index in [9.17, 15) is 4.79 Å². The molecule has 0 radical (unpaired) electrons. The van der Waals surface area contributed by atoms with E-state index in [4.69, 9.17) is 25.2 Å². The zero-order chi connectivity index (χ0) is 24.0. The molecule has 31 heavy (non-hydrogen) atoms. The van der Waals surface area contributed by atoms with Gasteiger partial charge in [-0.3, -0.25) is 4.79 Å². The minimum atomic E-state index is -2.50. The molecule has 1 aromatic carbocycles. The molecule has 3 aromatic rings. The highest BCUT2D eigenvalue weighted by molar-refractivity contribution is 6.29. The minimum absolute atomic E-state index is 0.0429. The minimum Gasteiger partial charge on any atom is -0.497 e. The van der Waals surface area contributed by atoms with Crippen molar-refractivity contribution in [3.63, 3.8) is 0 Å². The lowest BCUT2D eigenvalue weighted by Crippen LogP contribution is -2.54. The van der Waals surface area contributed by atoms with Crippen LogP contribution in [0.4, 0.5) is 5.69 Å². The summed E-state index contributed by atoms with van der Waals surface area (Å²) in [6.45, 7) is -1.72. The third kappa shape index (κ3) is 3.70. The second-order valence-corrected chi connectivity index (χ2v) is 8.25. The molecule has 2 fully saturated rings. The highest BCUT2D eigenvalue weighted by Gasteiger charge is 2.46. The number of imidazole rings is 1. The summed E-state index contributed by atoms with van der Waals surface area (Å²) in [4.78, 5) is 18.6. The summed E-state index contributed by atoms with van der Waals surface area (Å²) in [6.07, 6.45) is 3.33. The number of methoxy groups -OCH3 is 1. The third-order valence-electron chi connectivity index (χ3n) is 5.97. The van der Waals surface area contributed by atoms with Crippen LogP contribution in [0.5, 0.6) is 5.75 Å². The van der Waals surface area contributed by atoms with E-state index >= 15 is 0 Å². The van der Waals surface area contributed by atoms with E-state index in [1.165, 1.54) is 21.7 Å². The highest BCUT2D eigenvalue weighted by atomic mass is 35.5. The van der Waals surface area contributed by atoms with Crippen LogP contribution in [0.25, 0.3) is 5.65 Å². The number of carbonyl (C=O) groups is 1. The van der Waals surface area contributed by atoms with Gasteiger partial charge in [0.1, 0.15) is 5.75 Å². The van der Waals surface area contributed by atoms with Gasteiger partial charge in [-0.1, -0.05) is 23.7 Å². The average Bonchev–Trinajstić information content (AvgIpc) is 3.38. The van der Waals surface area contributed by atoms with Crippen LogP contribution in [0, 0.1) is 5.92 Å². The van der Waals surface area contributed by atoms with Gasteiger partial charge in [0.2, 0.25) is 0 Å². The van der Waals surface area contributed by atoms with E-state index < -0.39 is 6.98 Å². The third-order valence-corrected chi connectivity index (χ3v) is 6.16. The molecule has 1 N–H and O–H groups in total. The maximum Gasteiger partial charge on any atom is 0.271 e. The number of carbonyl (C=O) groups excluding carboxylic acids is 1. The molecule has 2 aromatic heterocycles. The SMILES string of the molecule is [2H]C([2H])([2H])N(Cc1ccc(OC)cc1)c1cc(Cl)nn2c(C(=O)N[C@@H]3C[C@H]4CCO[C@H]43)cnc12. The Labute approximate surface area is 189 Å². The van der Waals surface area contributed by atoms with Crippen LogP contribution in [-0.2, 0) is 11.3 Å². The van der Waals surface area contributed by atoms with Crippen molar-refractivity contribution >= 4 is 28.8 Å². The first kappa shape index (κ1) is 16.8. The molecule has 2 aliphatic rings. The zero-order valence-electron chi connectivity index (χ0n) is 19.9. The quantitative estimate of drug-likeness (QED) is 0.629. The number of nitrogens with one attached hydrogen (secondary N) is 1. The Morgan fingerprint density at radius 3 is 3.03 bits per heavy atom. The summed E-state index contributed by atoms with van der Waals surface area (Å²) in [5.41, 5.74) is 1.40. The summed E-state index contributed by atoms with van der Waals surface area (Å²) < 4.78 is 36.5. The lowest BCUT2D eigenvalue weighted by molar-refractivity contribution is -0.000686. The van der Waals surface area contributed by atoms with E-state index in [-0.39, 0.29) is 46.8 Å². The van der Waals surface area contributed by atoms with Crippen LogP contribution in [0.1, 0.15) is 33.0 Å². The molecule has 1 aliphatic heterocycles. The van der Waals surface area contributed by atoms with Gasteiger partial charge in [-0.05, 0) is 36.5 Å². The Morgan fingerprint density at radius 2 is 2.29 bits per heavy atom. The van der Waals surface area contributed by atoms with Gasteiger partial charge in [0.25, 0.3) is 5.91 Å². The zero-order valence-corrected chi connectivity index (χ0v) is 17.7. The molecule has 0 spiro atoms. The normalized spacial score (nSPS) is 23.9. The van der Waals surface area contributed by atoms with Gasteiger partial charge < -0.3 is 19.7 Å². The van der Waals surface area contributed by atoms with E-state index in [1.807, 2.05) is 0 Å². The van der Waals surface area contributed by atoms with Crippen molar-refractivity contribution in [2.45, 2.75) is 31.5 Å². The molecule has 1 saturated heterocycles. The van der Waals surface area contributed by atoms with Crippen molar-refractivity contribution in [1.82, 2.24) is 19.9 Å². The maximum atomic E-state index is 13.0. The number of halogens is 1. The average molecular weight is 445 g/mol. The van der Waals surface area contributed by atoms with E-state index in [0.717, 1.165) is 25.0 Å². The largest absolute Gasteiger partial charge is 0.497 e. The van der Waals surface area contributed by atoms with Crippen molar-refractivity contribution in [1.29, 1.82) is 0 Å². The van der Waals surface area contributed by atoms with Crippen molar-refractivity contribution in [3.8, 4) is 5.75 Å². The van der Waals surface area contributed by atoms with Crippen LogP contribution < -0.4 is 15.0 Å². The van der Waals surface area contributed by atoms with E-state index in [0.29, 0.717) is 11.7 Å². The van der Waals surface area contributed by atoms with Crippen molar-refractivity contribution < 1.29 is 18.4 Å². The molecular weight excluding hydrogens is 418 g/mol. The van der Waals surface area contributed by atoms with Crippen molar-refractivity contribution in [2.24, 2.45) is 5.92 Å². The first-order valence-corrected chi connectivity index (χ1v) is 10.5. The lowest BCUT2D eigenvalue weighted by Gasteiger charge is -2.39.